The van der Waals surface area contributed by atoms with Gasteiger partial charge in [0, 0.05) is 17.7 Å². The molecule has 0 aromatic heterocycles. The Hall–Kier alpha value is -1.38. The molecule has 16 heavy (non-hydrogen) atoms. The number of hydrogen-bond donors (Lipinski definition) is 1. The zero-order chi connectivity index (χ0) is 11.7. The number of carbonyl (C=O) groups excluding carboxylic acids is 1. The standard InChI is InChI=1S/C13H16FNO/c1-2-4-8-9-5-3-6-12(16)13(9)11(15)7-10(8)14/h7H,2-6,15H2,1H3. The Labute approximate surface area is 94.6 Å². The third-order valence-corrected chi connectivity index (χ3v) is 3.13. The Kier molecular flexibility index (Phi) is 2.95. The summed E-state index contributed by atoms with van der Waals surface area (Å²) < 4.78 is 13.8. The minimum absolute atomic E-state index is 0.0658. The van der Waals surface area contributed by atoms with Crippen LogP contribution in [0.3, 0.4) is 0 Å². The number of halogens is 1. The van der Waals surface area contributed by atoms with E-state index in [9.17, 15) is 9.18 Å². The van der Waals surface area contributed by atoms with Crippen molar-refractivity contribution in [1.82, 2.24) is 0 Å². The number of fused-ring (bicyclic) bond motifs is 1. The van der Waals surface area contributed by atoms with Gasteiger partial charge >= 0.3 is 0 Å². The van der Waals surface area contributed by atoms with Crippen molar-refractivity contribution < 1.29 is 9.18 Å². The second-order valence-electron chi connectivity index (χ2n) is 4.31. The monoisotopic (exact) mass is 221 g/mol. The van der Waals surface area contributed by atoms with Crippen molar-refractivity contribution in [3.05, 3.63) is 28.6 Å². The molecule has 1 aliphatic carbocycles. The van der Waals surface area contributed by atoms with Gasteiger partial charge in [0.05, 0.1) is 0 Å². The molecule has 1 aromatic rings. The van der Waals surface area contributed by atoms with Crippen molar-refractivity contribution in [3.63, 3.8) is 0 Å². The molecule has 1 aliphatic rings. The summed E-state index contributed by atoms with van der Waals surface area (Å²) in [6, 6.07) is 1.30. The Bertz CT molecular complexity index is 440. The lowest BCUT2D eigenvalue weighted by molar-refractivity contribution is 0.0973. The second-order valence-corrected chi connectivity index (χ2v) is 4.31. The van der Waals surface area contributed by atoms with E-state index in [2.05, 4.69) is 0 Å². The van der Waals surface area contributed by atoms with Gasteiger partial charge in [-0.25, -0.2) is 4.39 Å². The highest BCUT2D eigenvalue weighted by Gasteiger charge is 2.24. The normalized spacial score (nSPS) is 15.0. The molecular weight excluding hydrogens is 205 g/mol. The smallest absolute Gasteiger partial charge is 0.165 e. The van der Waals surface area contributed by atoms with Gasteiger partial charge in [0.1, 0.15) is 5.82 Å². The number of benzene rings is 1. The van der Waals surface area contributed by atoms with Crippen LogP contribution in [0.1, 0.15) is 47.7 Å². The summed E-state index contributed by atoms with van der Waals surface area (Å²) in [5.41, 5.74) is 8.17. The van der Waals surface area contributed by atoms with Crippen LogP contribution in [0.5, 0.6) is 0 Å². The molecule has 0 saturated carbocycles. The fraction of sp³-hybridized carbons (Fsp3) is 0.462. The van der Waals surface area contributed by atoms with Crippen LogP contribution in [0.4, 0.5) is 10.1 Å². The van der Waals surface area contributed by atoms with E-state index in [1.807, 2.05) is 6.92 Å². The van der Waals surface area contributed by atoms with Crippen LogP contribution in [0, 0.1) is 5.82 Å². The zero-order valence-electron chi connectivity index (χ0n) is 9.48. The quantitative estimate of drug-likeness (QED) is 0.780. The van der Waals surface area contributed by atoms with Crippen LogP contribution in [0.2, 0.25) is 0 Å². The molecule has 0 atom stereocenters. The number of rotatable bonds is 2. The summed E-state index contributed by atoms with van der Waals surface area (Å²) in [4.78, 5) is 11.8. The number of Topliss-reactive ketones (excluding diaryl/α,β-unsaturated/α-hetero) is 1. The Morgan fingerprint density at radius 3 is 2.88 bits per heavy atom. The second kappa shape index (κ2) is 4.24. The predicted molar refractivity (Wildman–Crippen MR) is 62.1 cm³/mol. The van der Waals surface area contributed by atoms with E-state index >= 15 is 0 Å². The molecule has 0 radical (unpaired) electrons. The molecule has 1 aromatic carbocycles. The maximum atomic E-state index is 13.8. The fourth-order valence-electron chi connectivity index (χ4n) is 2.44. The van der Waals surface area contributed by atoms with Gasteiger partial charge in [0.25, 0.3) is 0 Å². The van der Waals surface area contributed by atoms with Gasteiger partial charge in [-0.15, -0.1) is 0 Å². The largest absolute Gasteiger partial charge is 0.398 e. The first-order chi connectivity index (χ1) is 7.65. The Balaban J connectivity index is 2.62. The molecular formula is C13H16FNO. The molecule has 0 fully saturated rings. The summed E-state index contributed by atoms with van der Waals surface area (Å²) in [5, 5.41) is 0. The first-order valence-electron chi connectivity index (χ1n) is 5.78. The zero-order valence-corrected chi connectivity index (χ0v) is 9.48. The molecule has 3 heteroatoms. The lowest BCUT2D eigenvalue weighted by Crippen LogP contribution is -2.17. The van der Waals surface area contributed by atoms with E-state index < -0.39 is 0 Å². The van der Waals surface area contributed by atoms with Crippen LogP contribution >= 0.6 is 0 Å². The minimum atomic E-state index is -0.257. The van der Waals surface area contributed by atoms with Crippen molar-refractivity contribution in [1.29, 1.82) is 0 Å². The van der Waals surface area contributed by atoms with Crippen LogP contribution in [0.25, 0.3) is 0 Å². The topological polar surface area (TPSA) is 43.1 Å². The average molecular weight is 221 g/mol. The summed E-state index contributed by atoms with van der Waals surface area (Å²) in [7, 11) is 0. The number of hydrogen-bond acceptors (Lipinski definition) is 2. The summed E-state index contributed by atoms with van der Waals surface area (Å²) in [6.45, 7) is 2.01. The predicted octanol–water partition coefficient (Wildman–Crippen LogP) is 2.88. The van der Waals surface area contributed by atoms with Gasteiger partial charge in [-0.05, 0) is 36.5 Å². The minimum Gasteiger partial charge on any atom is -0.398 e. The Morgan fingerprint density at radius 1 is 1.44 bits per heavy atom. The van der Waals surface area contributed by atoms with Gasteiger partial charge in [-0.2, -0.15) is 0 Å². The highest BCUT2D eigenvalue weighted by Crippen LogP contribution is 2.31. The number of nitrogen functional groups attached to an aromatic ring is 1. The van der Waals surface area contributed by atoms with Crippen molar-refractivity contribution in [2.75, 3.05) is 5.73 Å². The van der Waals surface area contributed by atoms with Crippen molar-refractivity contribution in [2.45, 2.75) is 39.0 Å². The number of nitrogens with two attached hydrogens (primary N) is 1. The summed E-state index contributed by atoms with van der Waals surface area (Å²) >= 11 is 0. The van der Waals surface area contributed by atoms with E-state index in [1.54, 1.807) is 0 Å². The van der Waals surface area contributed by atoms with Crippen LogP contribution in [0.15, 0.2) is 6.07 Å². The molecule has 0 amide bonds. The first-order valence-corrected chi connectivity index (χ1v) is 5.78. The summed E-state index contributed by atoms with van der Waals surface area (Å²) in [5.74, 6) is -0.191. The van der Waals surface area contributed by atoms with E-state index in [0.717, 1.165) is 24.8 Å². The molecule has 0 unspecified atom stereocenters. The number of ketones is 1. The highest BCUT2D eigenvalue weighted by atomic mass is 19.1. The van der Waals surface area contributed by atoms with Gasteiger partial charge in [0.2, 0.25) is 0 Å². The highest BCUT2D eigenvalue weighted by molar-refractivity contribution is 6.03. The molecule has 86 valence electrons. The van der Waals surface area contributed by atoms with E-state index in [1.165, 1.54) is 6.07 Å². The van der Waals surface area contributed by atoms with Gasteiger partial charge in [-0.1, -0.05) is 13.3 Å². The van der Waals surface area contributed by atoms with Crippen molar-refractivity contribution >= 4 is 11.5 Å². The molecule has 0 spiro atoms. The number of carbonyl (C=O) groups is 1. The van der Waals surface area contributed by atoms with Crippen molar-refractivity contribution in [2.24, 2.45) is 0 Å². The van der Waals surface area contributed by atoms with Gasteiger partial charge in [-0.3, -0.25) is 4.79 Å². The molecule has 0 bridgehead atoms. The molecule has 2 N–H and O–H groups in total. The van der Waals surface area contributed by atoms with E-state index in [-0.39, 0.29) is 11.6 Å². The molecule has 2 rings (SSSR count). The molecule has 0 heterocycles. The molecule has 0 saturated heterocycles. The van der Waals surface area contributed by atoms with Gasteiger partial charge < -0.3 is 5.73 Å². The summed E-state index contributed by atoms with van der Waals surface area (Å²) in [6.07, 6.45) is 3.68. The van der Waals surface area contributed by atoms with E-state index in [0.29, 0.717) is 29.7 Å². The lowest BCUT2D eigenvalue weighted by atomic mass is 9.85. The van der Waals surface area contributed by atoms with Gasteiger partial charge in [0.15, 0.2) is 5.78 Å². The molecule has 2 nitrogen and oxygen atoms in total. The third kappa shape index (κ3) is 1.70. The molecule has 0 aliphatic heterocycles. The number of anilines is 1. The fourth-order valence-corrected chi connectivity index (χ4v) is 2.44. The van der Waals surface area contributed by atoms with Crippen LogP contribution < -0.4 is 5.73 Å². The van der Waals surface area contributed by atoms with Crippen LogP contribution in [-0.2, 0) is 12.8 Å². The van der Waals surface area contributed by atoms with E-state index in [4.69, 9.17) is 5.73 Å². The first kappa shape index (κ1) is 11.1. The Morgan fingerprint density at radius 2 is 2.19 bits per heavy atom. The average Bonchev–Trinajstić information content (AvgIpc) is 2.23. The maximum absolute atomic E-state index is 13.8. The maximum Gasteiger partial charge on any atom is 0.165 e. The SMILES string of the molecule is CCCc1c(F)cc(N)c2c1CCCC2=O. The lowest BCUT2D eigenvalue weighted by Gasteiger charge is -2.20. The van der Waals surface area contributed by atoms with Crippen molar-refractivity contribution in [3.8, 4) is 0 Å². The van der Waals surface area contributed by atoms with Crippen LogP contribution in [-0.4, -0.2) is 5.78 Å². The third-order valence-electron chi connectivity index (χ3n) is 3.13.